The van der Waals surface area contributed by atoms with Crippen LogP contribution in [0.25, 0.3) is 0 Å². The Balaban J connectivity index is 2.43. The highest BCUT2D eigenvalue weighted by Gasteiger charge is 2.17. The number of benzene rings is 1. The van der Waals surface area contributed by atoms with Crippen molar-refractivity contribution >= 4 is 18.0 Å². The van der Waals surface area contributed by atoms with Crippen LogP contribution in [0.1, 0.15) is 36.1 Å². The molecule has 0 atom stereocenters. The largest absolute Gasteiger partial charge is 0.320 e. The summed E-state index contributed by atoms with van der Waals surface area (Å²) in [6.45, 7) is 4.18. The van der Waals surface area contributed by atoms with Crippen LogP contribution in [-0.2, 0) is 7.05 Å². The van der Waals surface area contributed by atoms with Crippen molar-refractivity contribution in [3.63, 3.8) is 0 Å². The molecule has 0 aliphatic heterocycles. The van der Waals surface area contributed by atoms with Crippen molar-refractivity contribution < 1.29 is 4.79 Å². The molecule has 0 radical (unpaired) electrons. The van der Waals surface area contributed by atoms with Gasteiger partial charge in [-0.3, -0.25) is 4.79 Å². The van der Waals surface area contributed by atoms with Gasteiger partial charge < -0.3 is 4.57 Å². The summed E-state index contributed by atoms with van der Waals surface area (Å²) in [6, 6.07) is 10.1. The van der Waals surface area contributed by atoms with E-state index in [0.717, 1.165) is 21.9 Å². The smallest absolute Gasteiger partial charge is 0.185 e. The average molecular weight is 260 g/mol. The fourth-order valence-corrected chi connectivity index (χ4v) is 2.86. The molecule has 94 valence electrons. The first-order valence-electron chi connectivity index (χ1n) is 5.88. The minimum absolute atomic E-state index is 0.302. The lowest BCUT2D eigenvalue weighted by Gasteiger charge is -2.07. The van der Waals surface area contributed by atoms with Gasteiger partial charge >= 0.3 is 0 Å². The Kier molecular flexibility index (Phi) is 3.87. The first-order valence-corrected chi connectivity index (χ1v) is 6.69. The Morgan fingerprint density at radius 1 is 1.28 bits per heavy atom. The lowest BCUT2D eigenvalue weighted by Crippen LogP contribution is -1.97. The van der Waals surface area contributed by atoms with E-state index in [1.807, 2.05) is 29.8 Å². The van der Waals surface area contributed by atoms with Crippen molar-refractivity contribution in [3.8, 4) is 0 Å². The fourth-order valence-electron chi connectivity index (χ4n) is 1.72. The van der Waals surface area contributed by atoms with Gasteiger partial charge in [0, 0.05) is 11.9 Å². The van der Waals surface area contributed by atoms with Crippen molar-refractivity contribution in [1.29, 1.82) is 0 Å². The van der Waals surface area contributed by atoms with Crippen LogP contribution >= 0.6 is 11.8 Å². The SMILES string of the molecule is CC(C)c1nc(C=O)n(C)c1Sc1ccccc1. The zero-order valence-electron chi connectivity index (χ0n) is 10.8. The Labute approximate surface area is 111 Å². The molecule has 0 saturated carbocycles. The number of aldehydes is 1. The second-order valence-electron chi connectivity index (χ2n) is 4.41. The first kappa shape index (κ1) is 12.9. The van der Waals surface area contributed by atoms with E-state index in [1.165, 1.54) is 0 Å². The highest BCUT2D eigenvalue weighted by atomic mass is 32.2. The Hall–Kier alpha value is -1.55. The molecule has 0 fully saturated rings. The third-order valence-corrected chi connectivity index (χ3v) is 3.90. The molecule has 0 aliphatic carbocycles. The minimum atomic E-state index is 0.302. The molecular weight excluding hydrogens is 244 g/mol. The van der Waals surface area contributed by atoms with E-state index in [9.17, 15) is 4.79 Å². The molecular formula is C14H16N2OS. The van der Waals surface area contributed by atoms with E-state index in [-0.39, 0.29) is 0 Å². The van der Waals surface area contributed by atoms with Crippen LogP contribution in [0.5, 0.6) is 0 Å². The predicted octanol–water partition coefficient (Wildman–Crippen LogP) is 3.51. The molecule has 2 aromatic rings. The van der Waals surface area contributed by atoms with Gasteiger partial charge in [0.25, 0.3) is 0 Å². The lowest BCUT2D eigenvalue weighted by molar-refractivity contribution is 0.111. The maximum atomic E-state index is 11.0. The average Bonchev–Trinajstić information content (AvgIpc) is 2.68. The van der Waals surface area contributed by atoms with Gasteiger partial charge in [0.2, 0.25) is 0 Å². The monoisotopic (exact) mass is 260 g/mol. The van der Waals surface area contributed by atoms with Gasteiger partial charge in [0.15, 0.2) is 12.1 Å². The highest BCUT2D eigenvalue weighted by molar-refractivity contribution is 7.99. The zero-order chi connectivity index (χ0) is 13.1. The van der Waals surface area contributed by atoms with Gasteiger partial charge in [-0.1, -0.05) is 43.8 Å². The third kappa shape index (κ3) is 2.48. The van der Waals surface area contributed by atoms with Crippen LogP contribution in [0.3, 0.4) is 0 Å². The van der Waals surface area contributed by atoms with Crippen LogP contribution < -0.4 is 0 Å². The maximum absolute atomic E-state index is 11.0. The van der Waals surface area contributed by atoms with E-state index in [0.29, 0.717) is 11.7 Å². The molecule has 18 heavy (non-hydrogen) atoms. The molecule has 0 amide bonds. The number of carbonyl (C=O) groups excluding carboxylic acids is 1. The summed E-state index contributed by atoms with van der Waals surface area (Å²) in [7, 11) is 1.88. The summed E-state index contributed by atoms with van der Waals surface area (Å²) >= 11 is 1.65. The highest BCUT2D eigenvalue weighted by Crippen LogP contribution is 2.33. The Morgan fingerprint density at radius 2 is 1.94 bits per heavy atom. The van der Waals surface area contributed by atoms with Crippen molar-refractivity contribution in [2.45, 2.75) is 29.7 Å². The lowest BCUT2D eigenvalue weighted by atomic mass is 10.2. The number of nitrogens with zero attached hydrogens (tertiary/aromatic N) is 2. The predicted molar refractivity (Wildman–Crippen MR) is 73.2 cm³/mol. The first-order chi connectivity index (χ1) is 8.63. The van der Waals surface area contributed by atoms with Gasteiger partial charge in [0.05, 0.1) is 5.69 Å². The molecule has 4 heteroatoms. The van der Waals surface area contributed by atoms with Gasteiger partial charge in [0.1, 0.15) is 5.03 Å². The summed E-state index contributed by atoms with van der Waals surface area (Å²) in [6.07, 6.45) is 0.806. The number of rotatable bonds is 4. The molecule has 0 unspecified atom stereocenters. The third-order valence-electron chi connectivity index (χ3n) is 2.71. The van der Waals surface area contributed by atoms with E-state index in [1.54, 1.807) is 11.8 Å². The summed E-state index contributed by atoms with van der Waals surface area (Å²) in [5.41, 5.74) is 0.980. The van der Waals surface area contributed by atoms with Crippen molar-refractivity contribution in [2.75, 3.05) is 0 Å². The molecule has 0 aliphatic rings. The van der Waals surface area contributed by atoms with Crippen molar-refractivity contribution in [2.24, 2.45) is 7.05 Å². The summed E-state index contributed by atoms with van der Waals surface area (Å²) in [5.74, 6) is 0.785. The number of imidazole rings is 1. The molecule has 3 nitrogen and oxygen atoms in total. The summed E-state index contributed by atoms with van der Waals surface area (Å²) in [4.78, 5) is 16.5. The fraction of sp³-hybridized carbons (Fsp3) is 0.286. The summed E-state index contributed by atoms with van der Waals surface area (Å²) < 4.78 is 1.86. The minimum Gasteiger partial charge on any atom is -0.320 e. The molecule has 0 bridgehead atoms. The molecule has 1 aromatic carbocycles. The normalized spacial score (nSPS) is 10.9. The summed E-state index contributed by atoms with van der Waals surface area (Å²) in [5, 5.41) is 1.04. The van der Waals surface area contributed by atoms with E-state index in [4.69, 9.17) is 0 Å². The maximum Gasteiger partial charge on any atom is 0.185 e. The Morgan fingerprint density at radius 3 is 2.50 bits per heavy atom. The van der Waals surface area contributed by atoms with E-state index >= 15 is 0 Å². The van der Waals surface area contributed by atoms with Crippen LogP contribution in [0.4, 0.5) is 0 Å². The standard InChI is InChI=1S/C14H16N2OS/c1-10(2)13-14(16(3)12(9-17)15-13)18-11-7-5-4-6-8-11/h4-10H,1-3H3. The Bertz CT molecular complexity index is 546. The molecule has 1 heterocycles. The van der Waals surface area contributed by atoms with Gasteiger partial charge in [-0.15, -0.1) is 0 Å². The van der Waals surface area contributed by atoms with Crippen LogP contribution in [0.2, 0.25) is 0 Å². The molecule has 0 spiro atoms. The van der Waals surface area contributed by atoms with Crippen LogP contribution in [-0.4, -0.2) is 15.8 Å². The van der Waals surface area contributed by atoms with Crippen LogP contribution in [0, 0.1) is 0 Å². The topological polar surface area (TPSA) is 34.9 Å². The van der Waals surface area contributed by atoms with Gasteiger partial charge in [-0.25, -0.2) is 4.98 Å². The zero-order valence-corrected chi connectivity index (χ0v) is 11.6. The number of aromatic nitrogens is 2. The van der Waals surface area contributed by atoms with Crippen molar-refractivity contribution in [3.05, 3.63) is 41.9 Å². The van der Waals surface area contributed by atoms with E-state index < -0.39 is 0 Å². The van der Waals surface area contributed by atoms with E-state index in [2.05, 4.69) is 31.0 Å². The number of carbonyl (C=O) groups is 1. The molecule has 0 N–H and O–H groups in total. The van der Waals surface area contributed by atoms with Gasteiger partial charge in [-0.05, 0) is 18.1 Å². The second-order valence-corrected chi connectivity index (χ2v) is 5.47. The van der Waals surface area contributed by atoms with Gasteiger partial charge in [-0.2, -0.15) is 0 Å². The molecule has 1 aromatic heterocycles. The quantitative estimate of drug-likeness (QED) is 0.789. The second kappa shape index (κ2) is 5.40. The van der Waals surface area contributed by atoms with Crippen LogP contribution in [0.15, 0.2) is 40.3 Å². The van der Waals surface area contributed by atoms with Crippen molar-refractivity contribution in [1.82, 2.24) is 9.55 Å². The molecule has 2 rings (SSSR count). The number of hydrogen-bond acceptors (Lipinski definition) is 3. The molecule has 0 saturated heterocycles. The number of hydrogen-bond donors (Lipinski definition) is 0.